The molecular formula is C25H27ClN2O4S. The van der Waals surface area contributed by atoms with E-state index in [9.17, 15) is 13.2 Å². The lowest BCUT2D eigenvalue weighted by atomic mass is 9.96. The molecule has 0 amide bonds. The lowest BCUT2D eigenvalue weighted by Gasteiger charge is -2.34. The summed E-state index contributed by atoms with van der Waals surface area (Å²) in [7, 11) is -3.84. The minimum absolute atomic E-state index is 0.167. The Labute approximate surface area is 199 Å². The van der Waals surface area contributed by atoms with Crippen molar-refractivity contribution in [3.63, 3.8) is 0 Å². The first-order chi connectivity index (χ1) is 15.9. The number of hydrogen-bond donors (Lipinski definition) is 0. The number of carbonyl (C=O) groups excluding carboxylic acids is 1. The zero-order chi connectivity index (χ0) is 23.6. The molecule has 2 heterocycles. The summed E-state index contributed by atoms with van der Waals surface area (Å²) in [6.07, 6.45) is 3.48. The first-order valence-corrected chi connectivity index (χ1v) is 13.1. The quantitative estimate of drug-likeness (QED) is 0.453. The highest BCUT2D eigenvalue weighted by atomic mass is 35.5. The van der Waals surface area contributed by atoms with Crippen LogP contribution in [0.5, 0.6) is 0 Å². The second kappa shape index (κ2) is 9.69. The molecule has 1 fully saturated rings. The molecule has 0 unspecified atom stereocenters. The summed E-state index contributed by atoms with van der Waals surface area (Å²) in [5.41, 5.74) is 2.51. The average molecular weight is 487 g/mol. The number of aryl methyl sites for hydroxylation is 1. The van der Waals surface area contributed by atoms with E-state index in [4.69, 9.17) is 16.3 Å². The van der Waals surface area contributed by atoms with Gasteiger partial charge in [0.1, 0.15) is 4.90 Å². The Balaban J connectivity index is 1.83. The fourth-order valence-electron chi connectivity index (χ4n) is 4.40. The van der Waals surface area contributed by atoms with Crippen LogP contribution in [0.15, 0.2) is 58.5 Å². The van der Waals surface area contributed by atoms with Crippen molar-refractivity contribution < 1.29 is 17.9 Å². The van der Waals surface area contributed by atoms with Crippen molar-refractivity contribution in [1.29, 1.82) is 0 Å². The molecule has 6 nitrogen and oxygen atoms in total. The fourth-order valence-corrected chi connectivity index (χ4v) is 5.96. The third-order valence-electron chi connectivity index (χ3n) is 6.14. The van der Waals surface area contributed by atoms with Crippen LogP contribution in [0.4, 0.5) is 5.69 Å². The topological polar surface area (TPSA) is 76.6 Å². The van der Waals surface area contributed by atoms with Crippen LogP contribution in [-0.4, -0.2) is 39.1 Å². The first kappa shape index (κ1) is 23.5. The number of hydrogen-bond acceptors (Lipinski definition) is 6. The van der Waals surface area contributed by atoms with Crippen molar-refractivity contribution in [3.8, 4) is 0 Å². The van der Waals surface area contributed by atoms with Crippen LogP contribution in [0.2, 0.25) is 5.02 Å². The molecule has 1 aliphatic rings. The molecular weight excluding hydrogens is 460 g/mol. The highest BCUT2D eigenvalue weighted by Crippen LogP contribution is 2.38. The molecule has 3 aromatic rings. The smallest absolute Gasteiger partial charge is 0.309 e. The van der Waals surface area contributed by atoms with Crippen molar-refractivity contribution in [3.05, 3.63) is 59.2 Å². The molecule has 1 saturated heterocycles. The molecule has 8 heteroatoms. The number of para-hydroxylation sites is 1. The van der Waals surface area contributed by atoms with Gasteiger partial charge < -0.3 is 9.64 Å². The number of pyridine rings is 1. The normalized spacial score (nSPS) is 15.1. The summed E-state index contributed by atoms with van der Waals surface area (Å²) < 4.78 is 32.6. The summed E-state index contributed by atoms with van der Waals surface area (Å²) in [5.74, 6) is -0.351. The Bertz CT molecular complexity index is 1270. The van der Waals surface area contributed by atoms with Crippen molar-refractivity contribution in [2.45, 2.75) is 42.9 Å². The van der Waals surface area contributed by atoms with Crippen molar-refractivity contribution in [2.75, 3.05) is 24.6 Å². The number of esters is 1. The molecule has 0 bridgehead atoms. The van der Waals surface area contributed by atoms with E-state index in [1.54, 1.807) is 19.1 Å². The molecule has 2 aromatic carbocycles. The minimum Gasteiger partial charge on any atom is -0.466 e. The van der Waals surface area contributed by atoms with Gasteiger partial charge in [-0.15, -0.1) is 0 Å². The van der Waals surface area contributed by atoms with Crippen LogP contribution in [0.25, 0.3) is 10.9 Å². The van der Waals surface area contributed by atoms with E-state index < -0.39 is 9.84 Å². The Morgan fingerprint density at radius 1 is 1.12 bits per heavy atom. The molecule has 0 N–H and O–H groups in total. The summed E-state index contributed by atoms with van der Waals surface area (Å²) in [5, 5.41) is 1.28. The zero-order valence-corrected chi connectivity index (χ0v) is 20.3. The number of rotatable bonds is 6. The number of aromatic nitrogens is 1. The Hall–Kier alpha value is -2.64. The average Bonchev–Trinajstić information content (AvgIpc) is 2.83. The van der Waals surface area contributed by atoms with Crippen molar-refractivity contribution in [1.82, 2.24) is 4.98 Å². The van der Waals surface area contributed by atoms with Gasteiger partial charge in [-0.3, -0.25) is 9.78 Å². The summed E-state index contributed by atoms with van der Waals surface area (Å²) in [6, 6.07) is 12.1. The Morgan fingerprint density at radius 2 is 1.82 bits per heavy atom. The molecule has 0 radical (unpaired) electrons. The van der Waals surface area contributed by atoms with Crippen LogP contribution in [0.1, 0.15) is 32.3 Å². The van der Waals surface area contributed by atoms with Crippen LogP contribution >= 0.6 is 11.6 Å². The number of piperidine rings is 1. The zero-order valence-electron chi connectivity index (χ0n) is 18.8. The van der Waals surface area contributed by atoms with Gasteiger partial charge in [0, 0.05) is 29.7 Å². The number of halogens is 1. The van der Waals surface area contributed by atoms with Crippen molar-refractivity contribution >= 4 is 44.0 Å². The first-order valence-electron chi connectivity index (χ1n) is 11.2. The van der Waals surface area contributed by atoms with Crippen LogP contribution < -0.4 is 4.90 Å². The van der Waals surface area contributed by atoms with E-state index in [2.05, 4.69) is 16.8 Å². The Kier molecular flexibility index (Phi) is 6.91. The van der Waals surface area contributed by atoms with Gasteiger partial charge in [0.25, 0.3) is 0 Å². The fraction of sp³-hybridized carbons (Fsp3) is 0.360. The van der Waals surface area contributed by atoms with Gasteiger partial charge >= 0.3 is 5.97 Å². The van der Waals surface area contributed by atoms with Crippen LogP contribution in [-0.2, 0) is 25.8 Å². The van der Waals surface area contributed by atoms with Gasteiger partial charge in [0.2, 0.25) is 9.84 Å². The Morgan fingerprint density at radius 3 is 2.45 bits per heavy atom. The second-order valence-electron chi connectivity index (χ2n) is 8.11. The number of ether oxygens (including phenoxy) is 1. The lowest BCUT2D eigenvalue weighted by Crippen LogP contribution is -2.37. The van der Waals surface area contributed by atoms with Gasteiger partial charge in [-0.1, -0.05) is 36.7 Å². The standard InChI is InChI=1S/C25H27ClN2O4S/c1-3-17-6-5-7-21-23(17)27-16-22(33(30,31)20-10-8-19(26)9-11-20)24(21)28-14-12-18(13-15-28)25(29)32-4-2/h5-11,16,18H,3-4,12-15H2,1-2H3. The summed E-state index contributed by atoms with van der Waals surface area (Å²) in [4.78, 5) is 19.2. The molecule has 4 rings (SSSR count). The summed E-state index contributed by atoms with van der Waals surface area (Å²) in [6.45, 7) is 5.33. The van der Waals surface area contributed by atoms with E-state index in [0.717, 1.165) is 22.9 Å². The third-order valence-corrected chi connectivity index (χ3v) is 8.17. The van der Waals surface area contributed by atoms with Gasteiger partial charge in [0.15, 0.2) is 0 Å². The predicted octanol–water partition coefficient (Wildman–Crippen LogP) is 5.06. The van der Waals surface area contributed by atoms with Gasteiger partial charge in [0.05, 0.1) is 28.6 Å². The molecule has 174 valence electrons. The number of fused-ring (bicyclic) bond motifs is 1. The SMILES string of the molecule is CCOC(=O)C1CCN(c2c(S(=O)(=O)c3ccc(Cl)cc3)cnc3c(CC)cccc23)CC1. The van der Waals surface area contributed by atoms with Crippen LogP contribution in [0.3, 0.4) is 0 Å². The van der Waals surface area contributed by atoms with E-state index in [-0.39, 0.29) is 21.7 Å². The maximum atomic E-state index is 13.7. The minimum atomic E-state index is -3.84. The van der Waals surface area contributed by atoms with Gasteiger partial charge in [-0.25, -0.2) is 8.42 Å². The summed E-state index contributed by atoms with van der Waals surface area (Å²) >= 11 is 5.98. The number of anilines is 1. The monoisotopic (exact) mass is 486 g/mol. The second-order valence-corrected chi connectivity index (χ2v) is 10.5. The lowest BCUT2D eigenvalue weighted by molar-refractivity contribution is -0.148. The maximum absolute atomic E-state index is 13.7. The highest BCUT2D eigenvalue weighted by Gasteiger charge is 2.31. The number of carbonyl (C=O) groups is 1. The molecule has 1 aromatic heterocycles. The van der Waals surface area contributed by atoms with E-state index in [1.165, 1.54) is 18.3 Å². The molecule has 33 heavy (non-hydrogen) atoms. The van der Waals surface area contributed by atoms with Gasteiger partial charge in [-0.05, 0) is 56.0 Å². The molecule has 0 spiro atoms. The third kappa shape index (κ3) is 4.57. The van der Waals surface area contributed by atoms with Crippen LogP contribution in [0, 0.1) is 5.92 Å². The van der Waals surface area contributed by atoms with E-state index in [1.807, 2.05) is 18.2 Å². The van der Waals surface area contributed by atoms with E-state index in [0.29, 0.717) is 43.2 Å². The molecule has 0 saturated carbocycles. The van der Waals surface area contributed by atoms with Crippen molar-refractivity contribution in [2.24, 2.45) is 5.92 Å². The molecule has 0 aliphatic carbocycles. The predicted molar refractivity (Wildman–Crippen MR) is 130 cm³/mol. The highest BCUT2D eigenvalue weighted by molar-refractivity contribution is 7.91. The number of benzene rings is 2. The molecule has 1 aliphatic heterocycles. The maximum Gasteiger partial charge on any atom is 0.309 e. The van der Waals surface area contributed by atoms with Gasteiger partial charge in [-0.2, -0.15) is 0 Å². The molecule has 0 atom stereocenters. The van der Waals surface area contributed by atoms with E-state index >= 15 is 0 Å². The largest absolute Gasteiger partial charge is 0.466 e. The number of nitrogens with zero attached hydrogens (tertiary/aromatic N) is 2. The number of sulfone groups is 1.